The van der Waals surface area contributed by atoms with Gasteiger partial charge in [0.2, 0.25) is 0 Å². The summed E-state index contributed by atoms with van der Waals surface area (Å²) in [5.74, 6) is 0. The minimum absolute atomic E-state index is 0.0959. The van der Waals surface area contributed by atoms with Crippen LogP contribution < -0.4 is 10.6 Å². The average Bonchev–Trinajstić information content (AvgIpc) is 2.28. The Balaban J connectivity index is 2.14. The van der Waals surface area contributed by atoms with Crippen molar-refractivity contribution in [3.8, 4) is 0 Å². The number of amides is 2. The van der Waals surface area contributed by atoms with Gasteiger partial charge in [-0.2, -0.15) is 0 Å². The molecule has 0 radical (unpaired) electrons. The molecule has 0 aromatic rings. The highest BCUT2D eigenvalue weighted by Crippen LogP contribution is 2.11. The molecule has 1 fully saturated rings. The van der Waals surface area contributed by atoms with Crippen LogP contribution in [0, 0.1) is 0 Å². The normalized spacial score (nSPS) is 15.9. The molecule has 0 aliphatic carbocycles. The van der Waals surface area contributed by atoms with Crippen LogP contribution in [0.3, 0.4) is 0 Å². The molecule has 0 bridgehead atoms. The molecule has 5 heteroatoms. The molecular formula is C10H18N2O3. The number of urea groups is 1. The van der Waals surface area contributed by atoms with Crippen LogP contribution >= 0.6 is 0 Å². The molecule has 0 saturated carbocycles. The van der Waals surface area contributed by atoms with Crippen molar-refractivity contribution in [2.45, 2.75) is 19.3 Å². The van der Waals surface area contributed by atoms with Crippen molar-refractivity contribution in [3.05, 3.63) is 11.8 Å². The third kappa shape index (κ3) is 5.39. The first-order valence-electron chi connectivity index (χ1n) is 5.24. The number of aliphatic hydroxyl groups is 1. The van der Waals surface area contributed by atoms with Crippen LogP contribution in [0.15, 0.2) is 11.8 Å². The molecule has 1 aliphatic rings. The predicted octanol–water partition coefficient (Wildman–Crippen LogP) is 0.362. The maximum absolute atomic E-state index is 11.2. The first-order valence-corrected chi connectivity index (χ1v) is 5.24. The quantitative estimate of drug-likeness (QED) is 0.592. The molecule has 0 spiro atoms. The first-order chi connectivity index (χ1) is 7.33. The molecule has 15 heavy (non-hydrogen) atoms. The van der Waals surface area contributed by atoms with E-state index in [2.05, 4.69) is 10.6 Å². The minimum Gasteiger partial charge on any atom is -0.396 e. The summed E-state index contributed by atoms with van der Waals surface area (Å²) in [6.07, 6.45) is 4.10. The summed E-state index contributed by atoms with van der Waals surface area (Å²) in [6.45, 7) is 2.06. The minimum atomic E-state index is -0.220. The summed E-state index contributed by atoms with van der Waals surface area (Å²) in [6, 6.07) is -0.220. The van der Waals surface area contributed by atoms with E-state index >= 15 is 0 Å². The van der Waals surface area contributed by atoms with E-state index in [9.17, 15) is 4.79 Å². The zero-order chi connectivity index (χ0) is 10.9. The van der Waals surface area contributed by atoms with Crippen LogP contribution in [0.25, 0.3) is 0 Å². The van der Waals surface area contributed by atoms with Gasteiger partial charge < -0.3 is 20.5 Å². The number of hydrogen-bond acceptors (Lipinski definition) is 3. The molecule has 86 valence electrons. The molecule has 0 aromatic carbocycles. The number of ether oxygens (including phenoxy) is 1. The monoisotopic (exact) mass is 214 g/mol. The van der Waals surface area contributed by atoms with Gasteiger partial charge in [0.05, 0.1) is 13.2 Å². The number of nitrogens with one attached hydrogen (secondary N) is 2. The Morgan fingerprint density at radius 1 is 1.47 bits per heavy atom. The molecule has 0 atom stereocenters. The molecule has 1 heterocycles. The Morgan fingerprint density at radius 2 is 2.20 bits per heavy atom. The lowest BCUT2D eigenvalue weighted by atomic mass is 10.1. The lowest BCUT2D eigenvalue weighted by molar-refractivity contribution is 0.119. The fourth-order valence-corrected chi connectivity index (χ4v) is 1.28. The number of rotatable bonds is 4. The number of carbonyl (C=O) groups excluding carboxylic acids is 1. The Hall–Kier alpha value is -1.07. The zero-order valence-corrected chi connectivity index (χ0v) is 8.79. The van der Waals surface area contributed by atoms with Crippen LogP contribution in [0.2, 0.25) is 0 Å². The smallest absolute Gasteiger partial charge is 0.318 e. The van der Waals surface area contributed by atoms with Gasteiger partial charge >= 0.3 is 6.03 Å². The summed E-state index contributed by atoms with van der Waals surface area (Å²) in [4.78, 5) is 11.2. The highest BCUT2D eigenvalue weighted by molar-refractivity contribution is 5.74. The maximum atomic E-state index is 11.2. The van der Waals surface area contributed by atoms with Crippen molar-refractivity contribution in [1.29, 1.82) is 0 Å². The second-order valence-corrected chi connectivity index (χ2v) is 3.39. The van der Waals surface area contributed by atoms with E-state index in [4.69, 9.17) is 9.84 Å². The maximum Gasteiger partial charge on any atom is 0.318 e. The lowest BCUT2D eigenvalue weighted by Gasteiger charge is -2.14. The molecule has 1 saturated heterocycles. The van der Waals surface area contributed by atoms with E-state index in [1.165, 1.54) is 5.57 Å². The van der Waals surface area contributed by atoms with Gasteiger partial charge in [0.15, 0.2) is 0 Å². The van der Waals surface area contributed by atoms with Gasteiger partial charge in [0.25, 0.3) is 0 Å². The van der Waals surface area contributed by atoms with E-state index in [1.54, 1.807) is 6.20 Å². The van der Waals surface area contributed by atoms with Gasteiger partial charge in [-0.3, -0.25) is 0 Å². The molecular weight excluding hydrogens is 196 g/mol. The summed E-state index contributed by atoms with van der Waals surface area (Å²) in [5.41, 5.74) is 1.21. The highest BCUT2D eigenvalue weighted by atomic mass is 16.5. The molecule has 0 unspecified atom stereocenters. The highest BCUT2D eigenvalue weighted by Gasteiger charge is 2.05. The van der Waals surface area contributed by atoms with E-state index in [-0.39, 0.29) is 12.6 Å². The molecule has 1 rings (SSSR count). The first kappa shape index (κ1) is 12.0. The summed E-state index contributed by atoms with van der Waals surface area (Å²) in [5, 5.41) is 13.8. The van der Waals surface area contributed by atoms with Crippen LogP contribution in [-0.2, 0) is 4.74 Å². The largest absolute Gasteiger partial charge is 0.396 e. The summed E-state index contributed by atoms with van der Waals surface area (Å²) >= 11 is 0. The second-order valence-electron chi connectivity index (χ2n) is 3.39. The van der Waals surface area contributed by atoms with E-state index in [0.717, 1.165) is 26.1 Å². The predicted molar refractivity (Wildman–Crippen MR) is 56.4 cm³/mol. The number of hydrogen-bond donors (Lipinski definition) is 3. The molecule has 1 aliphatic heterocycles. The fraction of sp³-hybridized carbons (Fsp3) is 0.700. The Kier molecular flexibility index (Phi) is 5.80. The molecule has 0 aromatic heterocycles. The van der Waals surface area contributed by atoms with Crippen molar-refractivity contribution < 1.29 is 14.6 Å². The van der Waals surface area contributed by atoms with Crippen molar-refractivity contribution in [3.63, 3.8) is 0 Å². The van der Waals surface area contributed by atoms with Gasteiger partial charge in [-0.1, -0.05) is 0 Å². The van der Waals surface area contributed by atoms with Crippen LogP contribution in [0.5, 0.6) is 0 Å². The number of aliphatic hydroxyl groups excluding tert-OH is 1. The Bertz CT molecular complexity index is 221. The zero-order valence-electron chi connectivity index (χ0n) is 8.79. The Morgan fingerprint density at radius 3 is 2.87 bits per heavy atom. The number of carbonyl (C=O) groups is 1. The van der Waals surface area contributed by atoms with Gasteiger partial charge in [0, 0.05) is 19.4 Å². The van der Waals surface area contributed by atoms with Gasteiger partial charge in [-0.15, -0.1) is 0 Å². The third-order valence-corrected chi connectivity index (χ3v) is 2.16. The molecule has 5 nitrogen and oxygen atoms in total. The summed E-state index contributed by atoms with van der Waals surface area (Å²) in [7, 11) is 0. The van der Waals surface area contributed by atoms with Crippen molar-refractivity contribution in [1.82, 2.24) is 10.6 Å². The second kappa shape index (κ2) is 7.25. The SMILES string of the molecule is O=C(NC=C1CCOCC1)NCCCO. The Labute approximate surface area is 89.5 Å². The van der Waals surface area contributed by atoms with Crippen LogP contribution in [0.1, 0.15) is 19.3 Å². The van der Waals surface area contributed by atoms with Gasteiger partial charge in [-0.05, 0) is 24.8 Å². The van der Waals surface area contributed by atoms with E-state index < -0.39 is 0 Å². The van der Waals surface area contributed by atoms with Crippen molar-refractivity contribution in [2.75, 3.05) is 26.4 Å². The van der Waals surface area contributed by atoms with Crippen LogP contribution in [-0.4, -0.2) is 37.5 Å². The summed E-state index contributed by atoms with van der Waals surface area (Å²) < 4.78 is 5.19. The third-order valence-electron chi connectivity index (χ3n) is 2.16. The fourth-order valence-electron chi connectivity index (χ4n) is 1.28. The molecule has 2 amide bonds. The van der Waals surface area contributed by atoms with E-state index in [1.807, 2.05) is 0 Å². The topological polar surface area (TPSA) is 70.6 Å². The van der Waals surface area contributed by atoms with Crippen LogP contribution in [0.4, 0.5) is 4.79 Å². The van der Waals surface area contributed by atoms with Crippen molar-refractivity contribution >= 4 is 6.03 Å². The van der Waals surface area contributed by atoms with Crippen molar-refractivity contribution in [2.24, 2.45) is 0 Å². The van der Waals surface area contributed by atoms with Gasteiger partial charge in [0.1, 0.15) is 0 Å². The van der Waals surface area contributed by atoms with E-state index in [0.29, 0.717) is 13.0 Å². The van der Waals surface area contributed by atoms with Gasteiger partial charge in [-0.25, -0.2) is 4.79 Å². The molecule has 3 N–H and O–H groups in total. The standard InChI is InChI=1S/C10H18N2O3/c13-5-1-4-11-10(14)12-8-9-2-6-15-7-3-9/h8,13H,1-7H2,(H2,11,12,14). The average molecular weight is 214 g/mol. The lowest BCUT2D eigenvalue weighted by Crippen LogP contribution is -2.33.